The van der Waals surface area contributed by atoms with Crippen LogP contribution in [-0.4, -0.2) is 160 Å². The van der Waals surface area contributed by atoms with Crippen molar-refractivity contribution in [3.05, 3.63) is 124 Å². The number of Topliss-reactive ketones (excluding diaryl/α,β-unsaturated/α-hetero) is 3. The lowest BCUT2D eigenvalue weighted by atomic mass is 10.1. The average molecular weight is 1600 g/mol. The normalized spacial score (nSPS) is 21.6. The molecule has 1 unspecified atom stereocenters. The van der Waals surface area contributed by atoms with Crippen LogP contribution in [0.3, 0.4) is 0 Å². The predicted octanol–water partition coefficient (Wildman–Crippen LogP) is 14.7. The van der Waals surface area contributed by atoms with Crippen molar-refractivity contribution in [1.82, 2.24) is 15.0 Å². The second kappa shape index (κ2) is 28.1. The number of fused-ring (bicyclic) bond motifs is 3. The lowest BCUT2D eigenvalue weighted by Gasteiger charge is -2.16. The zero-order chi connectivity index (χ0) is 78.1. The fourth-order valence-corrected chi connectivity index (χ4v) is 19.1. The summed E-state index contributed by atoms with van der Waals surface area (Å²) in [6, 6.07) is 20.1. The number of benzene rings is 3. The van der Waals surface area contributed by atoms with Crippen LogP contribution in [0.4, 0.5) is 77.5 Å². The summed E-state index contributed by atoms with van der Waals surface area (Å²) in [6.07, 6.45) is 2.92. The molecule has 3 fully saturated rings. The summed E-state index contributed by atoms with van der Waals surface area (Å²) in [6.45, 7) is 17.7. The summed E-state index contributed by atoms with van der Waals surface area (Å²) < 4.78 is 157. The quantitative estimate of drug-likeness (QED) is 0.0564. The third-order valence-electron chi connectivity index (χ3n) is 18.8. The molecule has 9 heterocycles. The number of aromatic nitrogens is 3. The average Bonchev–Trinajstić information content (AvgIpc) is 1.23. The Kier molecular flexibility index (Phi) is 20.3. The molecular formula is C75H78F6N12O9S6. The van der Waals surface area contributed by atoms with E-state index < -0.39 is 102 Å². The molecule has 6 aliphatic heterocycles. The molecule has 0 bridgehead atoms. The molecule has 15 rings (SSSR count). The van der Waals surface area contributed by atoms with Crippen molar-refractivity contribution in [2.75, 3.05) is 52.0 Å². The summed E-state index contributed by atoms with van der Waals surface area (Å²) in [5.74, 6) is -11.8. The predicted molar refractivity (Wildman–Crippen MR) is 415 cm³/mol. The topological polar surface area (TPSA) is 303 Å². The molecule has 0 amide bonds. The van der Waals surface area contributed by atoms with E-state index in [-0.39, 0.29) is 50.6 Å². The van der Waals surface area contributed by atoms with Gasteiger partial charge in [0.05, 0.1) is 132 Å². The molecule has 3 atom stereocenters. The fourth-order valence-electron chi connectivity index (χ4n) is 13.1. The van der Waals surface area contributed by atoms with Crippen molar-refractivity contribution in [2.45, 2.75) is 169 Å². The molecule has 3 aromatic carbocycles. The number of nitrogens with zero attached hydrogens (tertiary/aromatic N) is 9. The van der Waals surface area contributed by atoms with Crippen LogP contribution < -0.4 is 16.0 Å². The van der Waals surface area contributed by atoms with E-state index in [9.17, 15) is 66.0 Å². The minimum absolute atomic E-state index is 0.104. The number of rotatable bonds is 21. The zero-order valence-electron chi connectivity index (χ0n) is 61.1. The smallest absolute Gasteiger partial charge is 0.258 e. The number of halogens is 6. The van der Waals surface area contributed by atoms with E-state index in [2.05, 4.69) is 45.9 Å². The second-order valence-corrected chi connectivity index (χ2v) is 39.6. The molecule has 570 valence electrons. The van der Waals surface area contributed by atoms with Gasteiger partial charge in [-0.05, 0) is 117 Å². The number of thioether (sulfide) groups is 3. The number of hydrogen-bond donors (Lipinski definition) is 3. The van der Waals surface area contributed by atoms with E-state index in [4.69, 9.17) is 15.0 Å². The molecule has 0 spiro atoms. The molecule has 9 aliphatic rings. The highest BCUT2D eigenvalue weighted by molar-refractivity contribution is 8.15. The maximum atomic E-state index is 13.4. The third kappa shape index (κ3) is 17.6. The van der Waals surface area contributed by atoms with Crippen LogP contribution in [0.5, 0.6) is 0 Å². The van der Waals surface area contributed by atoms with Crippen molar-refractivity contribution < 1.29 is 66.0 Å². The lowest BCUT2D eigenvalue weighted by molar-refractivity contribution is -0.122. The third-order valence-corrected chi connectivity index (χ3v) is 26.6. The first-order valence-electron chi connectivity index (χ1n) is 34.6. The highest BCUT2D eigenvalue weighted by Crippen LogP contribution is 2.53. The molecule has 6 aromatic rings. The number of anilines is 6. The highest BCUT2D eigenvalue weighted by atomic mass is 32.2. The number of hydrogen-bond acceptors (Lipinski definition) is 24. The molecular weight excluding hydrogens is 1520 g/mol. The molecule has 3 N–H and O–H groups in total. The number of sulfone groups is 3. The van der Waals surface area contributed by atoms with Crippen LogP contribution in [-0.2, 0) is 82.4 Å². The lowest BCUT2D eigenvalue weighted by Crippen LogP contribution is -2.15. The van der Waals surface area contributed by atoms with E-state index in [0.717, 1.165) is 85.0 Å². The van der Waals surface area contributed by atoms with Crippen molar-refractivity contribution in [1.29, 1.82) is 0 Å². The van der Waals surface area contributed by atoms with Crippen LogP contribution >= 0.6 is 35.3 Å². The van der Waals surface area contributed by atoms with Gasteiger partial charge in [0.15, 0.2) is 29.5 Å². The Morgan fingerprint density at radius 3 is 0.852 bits per heavy atom. The number of alkyl halides is 6. The number of ketones is 3. The van der Waals surface area contributed by atoms with E-state index in [1.54, 1.807) is 89.9 Å². The molecule has 0 radical (unpaired) electrons. The van der Waals surface area contributed by atoms with Crippen molar-refractivity contribution >= 4 is 166 Å². The largest absolute Gasteiger partial charge is 0.353 e. The Balaban J connectivity index is 0.000000143. The van der Waals surface area contributed by atoms with E-state index >= 15 is 0 Å². The van der Waals surface area contributed by atoms with Crippen molar-refractivity contribution in [3.8, 4) is 0 Å². The monoisotopic (exact) mass is 1600 g/mol. The van der Waals surface area contributed by atoms with Gasteiger partial charge in [0.1, 0.15) is 34.4 Å². The van der Waals surface area contributed by atoms with Gasteiger partial charge in [-0.3, -0.25) is 59.3 Å². The zero-order valence-corrected chi connectivity index (χ0v) is 66.0. The van der Waals surface area contributed by atoms with Gasteiger partial charge in [-0.2, -0.15) is 0 Å². The molecule has 33 heteroatoms. The van der Waals surface area contributed by atoms with E-state index in [1.807, 2.05) is 80.5 Å². The van der Waals surface area contributed by atoms with Crippen LogP contribution in [0, 0.1) is 17.8 Å². The van der Waals surface area contributed by atoms with Crippen molar-refractivity contribution in [3.63, 3.8) is 0 Å². The van der Waals surface area contributed by atoms with Gasteiger partial charge in [0.2, 0.25) is 0 Å². The van der Waals surface area contributed by atoms with Gasteiger partial charge in [0.25, 0.3) is 17.8 Å². The van der Waals surface area contributed by atoms with Crippen LogP contribution in [0.2, 0.25) is 0 Å². The maximum Gasteiger partial charge on any atom is 0.258 e. The van der Waals surface area contributed by atoms with Crippen LogP contribution in [0.25, 0.3) is 0 Å². The van der Waals surface area contributed by atoms with Crippen molar-refractivity contribution in [2.24, 2.45) is 47.7 Å². The summed E-state index contributed by atoms with van der Waals surface area (Å²) in [5, 5.41) is 11.9. The first kappa shape index (κ1) is 78.2. The van der Waals surface area contributed by atoms with Gasteiger partial charge in [-0.25, -0.2) is 51.6 Å². The Bertz CT molecular complexity index is 4920. The molecule has 0 saturated heterocycles. The Labute approximate surface area is 634 Å². The number of aliphatic imine (C=N–C) groups is 6. The number of pyridine rings is 3. The van der Waals surface area contributed by atoms with E-state index in [0.29, 0.717) is 105 Å². The first-order valence-corrected chi connectivity index (χ1v) is 43.2. The number of carbonyl (C=O) groups is 3. The fraction of sp³-hybridized carbons (Fsp3) is 0.440. The molecule has 3 aliphatic carbocycles. The highest BCUT2D eigenvalue weighted by Gasteiger charge is 2.62. The molecule has 21 nitrogen and oxygen atoms in total. The molecule has 3 aromatic heterocycles. The van der Waals surface area contributed by atoms with Crippen LogP contribution in [0.15, 0.2) is 117 Å². The molecule has 3 saturated carbocycles. The number of nitrogens with one attached hydrogen (secondary N) is 3. The standard InChI is InChI=1S/3C25H26F2N4O3S2/c3*1-13-7-18-22(28-13)19(9-15(29-18)10-20(32)16-11-25(16,26)27)30-17-6-5-14(8-21(17)36(4,33)34)23-31-24(2,3)12-35-23/h3*5-6,8-9,16H,7,10-12H2,1-4H3,(H,29,30)/t2*16-;/m10./s1. The summed E-state index contributed by atoms with van der Waals surface area (Å²) >= 11 is 4.76. The van der Waals surface area contributed by atoms with Gasteiger partial charge < -0.3 is 16.0 Å². The summed E-state index contributed by atoms with van der Waals surface area (Å²) in [4.78, 5) is 78.6. The van der Waals surface area contributed by atoms with E-state index in [1.165, 1.54) is 0 Å². The maximum absolute atomic E-state index is 13.4. The van der Waals surface area contributed by atoms with Gasteiger partial charge in [-0.15, -0.1) is 35.3 Å². The SMILES string of the molecule is CC1=Nc2c(Nc3ccc(C4=NC(C)(C)CS4)cc3S(C)(=O)=O)cc(CC(=O)C3CC3(F)F)nc2C1.CC1=Nc2c(Nc3ccc(C4=NC(C)(C)CS4)cc3S(C)(=O)=O)cc(CC(=O)[C@@H]3CC3(F)F)nc2C1.CC1=Nc2c(Nc3ccc(C4=NC(C)(C)CS4)cc3S(C)(=O)=O)cc(CC(=O)[C@H]3CC3(F)F)nc2C1. The van der Waals surface area contributed by atoms with Gasteiger partial charge >= 0.3 is 0 Å². The Morgan fingerprint density at radius 1 is 0.407 bits per heavy atom. The van der Waals surface area contributed by atoms with Gasteiger partial charge in [-0.1, -0.05) is 18.2 Å². The first-order chi connectivity index (χ1) is 50.1. The van der Waals surface area contributed by atoms with Crippen LogP contribution in [0.1, 0.15) is 132 Å². The van der Waals surface area contributed by atoms with Gasteiger partial charge in [0, 0.05) is 128 Å². The molecule has 108 heavy (non-hydrogen) atoms. The second-order valence-electron chi connectivity index (χ2n) is 30.8. The number of carbonyl (C=O) groups excluding carboxylic acids is 3. The minimum Gasteiger partial charge on any atom is -0.353 e. The summed E-state index contributed by atoms with van der Waals surface area (Å²) in [7, 11) is -10.9. The Hall–Kier alpha value is -7.98. The minimum atomic E-state index is -3.62. The summed E-state index contributed by atoms with van der Waals surface area (Å²) in [5.41, 5.74) is 11.1. The Morgan fingerprint density at radius 2 is 0.648 bits per heavy atom.